The molecule has 0 fully saturated rings. The van der Waals surface area contributed by atoms with Gasteiger partial charge in [0.1, 0.15) is 5.75 Å². The molecule has 0 saturated carbocycles. The first-order valence-electron chi connectivity index (χ1n) is 8.53. The van der Waals surface area contributed by atoms with Gasteiger partial charge in [0.05, 0.1) is 23.8 Å². The van der Waals surface area contributed by atoms with E-state index < -0.39 is 25.1 Å². The molecule has 154 valence electrons. The summed E-state index contributed by atoms with van der Waals surface area (Å²) in [6, 6.07) is 8.11. The van der Waals surface area contributed by atoms with Crippen molar-refractivity contribution in [1.29, 1.82) is 0 Å². The fraction of sp³-hybridized carbons (Fsp3) is 0.263. The maximum absolute atomic E-state index is 12.2. The zero-order valence-corrected chi connectivity index (χ0v) is 15.7. The zero-order valence-electron chi connectivity index (χ0n) is 15.0. The molecule has 0 bridgehead atoms. The van der Waals surface area contributed by atoms with Crippen molar-refractivity contribution in [1.82, 2.24) is 0 Å². The lowest BCUT2D eigenvalue weighted by Gasteiger charge is -2.11. The molecule has 29 heavy (non-hydrogen) atoms. The van der Waals surface area contributed by atoms with Gasteiger partial charge in [0, 0.05) is 12.1 Å². The van der Waals surface area contributed by atoms with Gasteiger partial charge < -0.3 is 24.3 Å². The van der Waals surface area contributed by atoms with Crippen LogP contribution >= 0.6 is 11.6 Å². The van der Waals surface area contributed by atoms with Crippen LogP contribution in [0.2, 0.25) is 5.02 Å². The molecule has 2 aromatic rings. The minimum atomic E-state index is -2.94. The van der Waals surface area contributed by atoms with E-state index in [0.717, 1.165) is 0 Å². The Morgan fingerprint density at radius 2 is 1.86 bits per heavy atom. The van der Waals surface area contributed by atoms with Gasteiger partial charge in [-0.05, 0) is 36.4 Å². The van der Waals surface area contributed by atoms with Gasteiger partial charge in [-0.2, -0.15) is 8.78 Å². The van der Waals surface area contributed by atoms with Crippen LogP contribution in [0.1, 0.15) is 16.8 Å². The highest BCUT2D eigenvalue weighted by molar-refractivity contribution is 6.32. The summed E-state index contributed by atoms with van der Waals surface area (Å²) in [5.41, 5.74) is 0.437. The summed E-state index contributed by atoms with van der Waals surface area (Å²) < 4.78 is 44.4. The summed E-state index contributed by atoms with van der Waals surface area (Å²) in [7, 11) is 0. The zero-order chi connectivity index (χ0) is 20.8. The lowest BCUT2D eigenvalue weighted by Crippen LogP contribution is -2.21. The van der Waals surface area contributed by atoms with Gasteiger partial charge in [-0.3, -0.25) is 4.79 Å². The van der Waals surface area contributed by atoms with E-state index in [1.807, 2.05) is 0 Å². The Kier molecular flexibility index (Phi) is 6.71. The van der Waals surface area contributed by atoms with E-state index in [9.17, 15) is 18.4 Å². The van der Waals surface area contributed by atoms with Crippen molar-refractivity contribution in [2.75, 3.05) is 25.1 Å². The molecule has 1 aliphatic heterocycles. The third kappa shape index (κ3) is 5.71. The molecule has 1 heterocycles. The van der Waals surface area contributed by atoms with Crippen LogP contribution < -0.4 is 19.5 Å². The van der Waals surface area contributed by atoms with Crippen molar-refractivity contribution in [2.24, 2.45) is 0 Å². The number of rotatable bonds is 6. The number of benzene rings is 2. The summed E-state index contributed by atoms with van der Waals surface area (Å²) in [6.07, 6.45) is 0.681. The second kappa shape index (κ2) is 9.42. The summed E-state index contributed by atoms with van der Waals surface area (Å²) in [5.74, 6) is -0.731. The number of ether oxygens (including phenoxy) is 4. The van der Waals surface area contributed by atoms with E-state index in [-0.39, 0.29) is 16.3 Å². The Bertz CT molecular complexity index is 891. The minimum absolute atomic E-state index is 0.0456. The average Bonchev–Trinajstić information content (AvgIpc) is 2.93. The van der Waals surface area contributed by atoms with E-state index in [1.165, 1.54) is 36.4 Å². The molecule has 0 aliphatic carbocycles. The molecule has 10 heteroatoms. The summed E-state index contributed by atoms with van der Waals surface area (Å²) >= 11 is 6.13. The van der Waals surface area contributed by atoms with Gasteiger partial charge in [0.25, 0.3) is 5.91 Å². The quantitative estimate of drug-likeness (QED) is 0.704. The van der Waals surface area contributed by atoms with Gasteiger partial charge in [-0.25, -0.2) is 4.79 Å². The molecule has 7 nitrogen and oxygen atoms in total. The predicted octanol–water partition coefficient (Wildman–Crippen LogP) is 3.90. The summed E-state index contributed by atoms with van der Waals surface area (Å²) in [5, 5.41) is 2.67. The third-order valence-corrected chi connectivity index (χ3v) is 4.02. The van der Waals surface area contributed by atoms with Crippen LogP contribution in [0.25, 0.3) is 0 Å². The van der Waals surface area contributed by atoms with Crippen molar-refractivity contribution < 1.29 is 37.3 Å². The van der Waals surface area contributed by atoms with Crippen LogP contribution in [0.3, 0.4) is 0 Å². The number of amides is 1. The molecule has 1 N–H and O–H groups in total. The monoisotopic (exact) mass is 427 g/mol. The topological polar surface area (TPSA) is 83.1 Å². The van der Waals surface area contributed by atoms with Crippen LogP contribution in [0.4, 0.5) is 14.5 Å². The minimum Gasteiger partial charge on any atom is -0.489 e. The molecule has 1 amide bonds. The Morgan fingerprint density at radius 1 is 1.14 bits per heavy atom. The molecule has 0 spiro atoms. The number of nitrogens with one attached hydrogen (secondary N) is 1. The van der Waals surface area contributed by atoms with E-state index in [1.54, 1.807) is 0 Å². The molecule has 0 unspecified atom stereocenters. The van der Waals surface area contributed by atoms with Crippen molar-refractivity contribution >= 4 is 29.2 Å². The van der Waals surface area contributed by atoms with Gasteiger partial charge in [-0.15, -0.1) is 0 Å². The Balaban J connectivity index is 1.55. The summed E-state index contributed by atoms with van der Waals surface area (Å²) in [6.45, 7) is -2.62. The summed E-state index contributed by atoms with van der Waals surface area (Å²) in [4.78, 5) is 24.2. The fourth-order valence-electron chi connectivity index (χ4n) is 2.48. The van der Waals surface area contributed by atoms with Crippen molar-refractivity contribution in [2.45, 2.75) is 13.0 Å². The Morgan fingerprint density at radius 3 is 2.59 bits per heavy atom. The first-order chi connectivity index (χ1) is 13.9. The number of carbonyl (C=O) groups is 2. The van der Waals surface area contributed by atoms with E-state index in [4.69, 9.17) is 25.8 Å². The van der Waals surface area contributed by atoms with Crippen LogP contribution in [0.5, 0.6) is 17.2 Å². The number of esters is 1. The lowest BCUT2D eigenvalue weighted by atomic mass is 10.2. The van der Waals surface area contributed by atoms with Crippen molar-refractivity contribution in [3.05, 3.63) is 47.0 Å². The molecule has 0 saturated heterocycles. The highest BCUT2D eigenvalue weighted by Crippen LogP contribution is 2.38. The highest BCUT2D eigenvalue weighted by Gasteiger charge is 2.20. The molecule has 0 radical (unpaired) electrons. The number of hydrogen-bond donors (Lipinski definition) is 1. The second-order valence-corrected chi connectivity index (χ2v) is 6.27. The van der Waals surface area contributed by atoms with Gasteiger partial charge in [-0.1, -0.05) is 11.6 Å². The molecule has 3 rings (SSSR count). The lowest BCUT2D eigenvalue weighted by molar-refractivity contribution is -0.119. The highest BCUT2D eigenvalue weighted by atomic mass is 35.5. The van der Waals surface area contributed by atoms with E-state index in [2.05, 4.69) is 10.1 Å². The van der Waals surface area contributed by atoms with Crippen LogP contribution in [-0.2, 0) is 9.53 Å². The average molecular weight is 428 g/mol. The van der Waals surface area contributed by atoms with Gasteiger partial charge >= 0.3 is 12.6 Å². The molecule has 0 aromatic heterocycles. The number of anilines is 1. The van der Waals surface area contributed by atoms with E-state index in [0.29, 0.717) is 36.8 Å². The van der Waals surface area contributed by atoms with Crippen molar-refractivity contribution in [3.63, 3.8) is 0 Å². The number of fused-ring (bicyclic) bond motifs is 1. The largest absolute Gasteiger partial charge is 0.489 e. The smallest absolute Gasteiger partial charge is 0.387 e. The van der Waals surface area contributed by atoms with Gasteiger partial charge in [0.15, 0.2) is 18.1 Å². The number of halogens is 3. The standard InChI is InChI=1S/C19H16ClF2NO6/c20-14-8-11(9-15-17(14)27-7-1-6-26-15)18(25)28-10-16(24)23-12-2-4-13(5-3-12)29-19(21)22/h2-5,8-9,19H,1,6-7,10H2,(H,23,24). The third-order valence-electron chi connectivity index (χ3n) is 3.74. The van der Waals surface area contributed by atoms with E-state index >= 15 is 0 Å². The SMILES string of the molecule is O=C(COC(=O)c1cc(Cl)c2c(c1)OCCCO2)Nc1ccc(OC(F)F)cc1. The van der Waals surface area contributed by atoms with Crippen LogP contribution in [0, 0.1) is 0 Å². The number of carbonyl (C=O) groups excluding carboxylic acids is 2. The van der Waals surface area contributed by atoms with Gasteiger partial charge in [0.2, 0.25) is 0 Å². The van der Waals surface area contributed by atoms with Crippen LogP contribution in [-0.4, -0.2) is 38.3 Å². The molecule has 0 atom stereocenters. The maximum Gasteiger partial charge on any atom is 0.387 e. The number of hydrogen-bond acceptors (Lipinski definition) is 6. The van der Waals surface area contributed by atoms with Crippen LogP contribution in [0.15, 0.2) is 36.4 Å². The Labute approximate surface area is 169 Å². The predicted molar refractivity (Wildman–Crippen MR) is 99.0 cm³/mol. The molecular formula is C19H16ClF2NO6. The van der Waals surface area contributed by atoms with Crippen molar-refractivity contribution in [3.8, 4) is 17.2 Å². The first kappa shape index (κ1) is 20.7. The number of alkyl halides is 2. The maximum atomic E-state index is 12.2. The first-order valence-corrected chi connectivity index (χ1v) is 8.91. The Hall–Kier alpha value is -3.07. The molecular weight excluding hydrogens is 412 g/mol. The normalized spacial score (nSPS) is 12.8. The molecule has 2 aromatic carbocycles. The molecule has 1 aliphatic rings. The fourth-order valence-corrected chi connectivity index (χ4v) is 2.75. The second-order valence-electron chi connectivity index (χ2n) is 5.86.